The summed E-state index contributed by atoms with van der Waals surface area (Å²) in [5, 5.41) is 46.5. The van der Waals surface area contributed by atoms with E-state index in [1.54, 1.807) is 6.92 Å². The molecule has 5 rings (SSSR count). The number of carbonyl (C=O) groups excluding carboxylic acids is 3. The number of fused-ring (bicyclic) bond motifs is 3. The summed E-state index contributed by atoms with van der Waals surface area (Å²) >= 11 is 0. The third-order valence-corrected chi connectivity index (χ3v) is 10.6. The highest BCUT2D eigenvalue weighted by molar-refractivity contribution is 6.25. The van der Waals surface area contributed by atoms with Crippen molar-refractivity contribution in [3.8, 4) is 5.75 Å². The van der Waals surface area contributed by atoms with E-state index in [1.807, 2.05) is 32.9 Å². The second-order valence-electron chi connectivity index (χ2n) is 13.9. The molecule has 0 aromatic heterocycles. The second kappa shape index (κ2) is 9.30. The molecule has 7 nitrogen and oxygen atoms in total. The highest BCUT2D eigenvalue weighted by Crippen LogP contribution is 2.65. The number of hydrogen-bond donors (Lipinski definition) is 4. The number of carbonyl (C=O) groups is 3. The molecule has 4 N–H and O–H groups in total. The Balaban J connectivity index is 1.66. The van der Waals surface area contributed by atoms with Crippen molar-refractivity contribution in [2.75, 3.05) is 0 Å². The molecule has 0 heterocycles. The Morgan fingerprint density at radius 1 is 1.05 bits per heavy atom. The third-order valence-electron chi connectivity index (χ3n) is 10.6. The largest absolute Gasteiger partial charge is 0.511 e. The van der Waals surface area contributed by atoms with Gasteiger partial charge in [-0.05, 0) is 67.9 Å². The van der Waals surface area contributed by atoms with Gasteiger partial charge in [-0.1, -0.05) is 59.6 Å². The fourth-order valence-corrected chi connectivity index (χ4v) is 8.78. The number of Topliss-reactive ketones (excluding diaryl/α,β-unsaturated/α-hetero) is 3. The zero-order valence-corrected chi connectivity index (χ0v) is 24.4. The van der Waals surface area contributed by atoms with Crippen molar-refractivity contribution in [2.45, 2.75) is 92.1 Å². The number of rotatable bonds is 4. The summed E-state index contributed by atoms with van der Waals surface area (Å²) in [4.78, 5) is 40.4. The second-order valence-corrected chi connectivity index (χ2v) is 13.9. The van der Waals surface area contributed by atoms with Crippen molar-refractivity contribution < 1.29 is 34.8 Å². The molecule has 1 unspecified atom stereocenters. The van der Waals surface area contributed by atoms with E-state index in [-0.39, 0.29) is 35.0 Å². The number of benzene rings is 1. The summed E-state index contributed by atoms with van der Waals surface area (Å²) in [5.74, 6) is -3.65. The monoisotopic (exact) mass is 550 g/mol. The Kier molecular flexibility index (Phi) is 6.65. The fourth-order valence-electron chi connectivity index (χ4n) is 8.78. The molecule has 0 spiro atoms. The van der Waals surface area contributed by atoms with Crippen molar-refractivity contribution in [3.63, 3.8) is 0 Å². The molecule has 4 atom stereocenters. The van der Waals surface area contributed by atoms with E-state index < -0.39 is 51.0 Å². The first-order valence-corrected chi connectivity index (χ1v) is 14.6. The zero-order valence-electron chi connectivity index (χ0n) is 24.4. The number of allylic oxidation sites excluding steroid dienone is 2. The van der Waals surface area contributed by atoms with Crippen LogP contribution in [0.1, 0.15) is 95.1 Å². The van der Waals surface area contributed by atoms with Gasteiger partial charge in [-0.2, -0.15) is 0 Å². The van der Waals surface area contributed by atoms with Crippen LogP contribution in [0.15, 0.2) is 34.8 Å². The number of hydrogen-bond acceptors (Lipinski definition) is 7. The molecule has 0 saturated heterocycles. The summed E-state index contributed by atoms with van der Waals surface area (Å²) in [6, 6.07) is 3.78. The Labute approximate surface area is 236 Å². The van der Waals surface area contributed by atoms with Crippen molar-refractivity contribution >= 4 is 17.3 Å². The molecule has 40 heavy (non-hydrogen) atoms. The average Bonchev–Trinajstić information content (AvgIpc) is 2.84. The lowest BCUT2D eigenvalue weighted by Gasteiger charge is -2.59. The van der Waals surface area contributed by atoms with Gasteiger partial charge in [0.1, 0.15) is 22.8 Å². The molecule has 4 aliphatic rings. The van der Waals surface area contributed by atoms with Crippen LogP contribution in [0.4, 0.5) is 0 Å². The molecule has 0 radical (unpaired) electrons. The molecule has 1 saturated carbocycles. The predicted octanol–water partition coefficient (Wildman–Crippen LogP) is 5.72. The Morgan fingerprint density at radius 3 is 2.25 bits per heavy atom. The zero-order chi connectivity index (χ0) is 29.5. The van der Waals surface area contributed by atoms with Crippen molar-refractivity contribution in [1.29, 1.82) is 0 Å². The van der Waals surface area contributed by atoms with E-state index in [9.17, 15) is 34.8 Å². The Hall–Kier alpha value is -2.93. The quantitative estimate of drug-likeness (QED) is 0.353. The SMILES string of the molecule is CC(=O)C1=C(O)C(C(C)C)[C@@]2(C)C[C@@]3(C)Cc4ccc(CC5CCC(C)CC5)c(O)c4C(=O)C3=C(O)[C@@]2(O)C1=O. The van der Waals surface area contributed by atoms with Gasteiger partial charge in [0.2, 0.25) is 5.78 Å². The number of aliphatic hydroxyl groups is 3. The van der Waals surface area contributed by atoms with E-state index in [0.29, 0.717) is 35.8 Å². The molecule has 216 valence electrons. The maximum Gasteiger partial charge on any atom is 0.209 e. The number of aliphatic hydroxyl groups excluding tert-OH is 2. The first kappa shape index (κ1) is 28.6. The minimum absolute atomic E-state index is 0.0965. The maximum atomic E-state index is 14.2. The van der Waals surface area contributed by atoms with Gasteiger partial charge in [0.25, 0.3) is 0 Å². The van der Waals surface area contributed by atoms with E-state index >= 15 is 0 Å². The van der Waals surface area contributed by atoms with Crippen LogP contribution in [-0.2, 0) is 22.4 Å². The van der Waals surface area contributed by atoms with Crippen molar-refractivity contribution in [2.24, 2.45) is 34.5 Å². The minimum Gasteiger partial charge on any atom is -0.511 e. The van der Waals surface area contributed by atoms with Crippen LogP contribution in [0.5, 0.6) is 5.75 Å². The number of ketones is 3. The number of phenols is 1. The maximum absolute atomic E-state index is 14.2. The summed E-state index contributed by atoms with van der Waals surface area (Å²) in [7, 11) is 0. The predicted molar refractivity (Wildman–Crippen MR) is 150 cm³/mol. The van der Waals surface area contributed by atoms with Gasteiger partial charge in [-0.15, -0.1) is 0 Å². The van der Waals surface area contributed by atoms with Gasteiger partial charge in [0.05, 0.1) is 5.56 Å². The number of phenolic OH excluding ortho intramolecular Hbond substituents is 1. The van der Waals surface area contributed by atoms with Crippen LogP contribution in [-0.4, -0.2) is 43.4 Å². The van der Waals surface area contributed by atoms with Crippen LogP contribution in [0.2, 0.25) is 0 Å². The molecule has 0 bridgehead atoms. The molecule has 0 aliphatic heterocycles. The molecule has 1 fully saturated rings. The van der Waals surface area contributed by atoms with Gasteiger partial charge in [-0.3, -0.25) is 14.4 Å². The minimum atomic E-state index is -2.58. The van der Waals surface area contributed by atoms with E-state index in [1.165, 1.54) is 0 Å². The Morgan fingerprint density at radius 2 is 1.68 bits per heavy atom. The lowest BCUT2D eigenvalue weighted by Crippen LogP contribution is -2.67. The molecule has 1 aromatic rings. The van der Waals surface area contributed by atoms with Crippen LogP contribution < -0.4 is 0 Å². The fraction of sp³-hybridized carbons (Fsp3) is 0.606. The highest BCUT2D eigenvalue weighted by Gasteiger charge is 2.71. The van der Waals surface area contributed by atoms with Gasteiger partial charge in [-0.25, -0.2) is 0 Å². The molecule has 4 aliphatic carbocycles. The highest BCUT2D eigenvalue weighted by atomic mass is 16.3. The normalized spacial score (nSPS) is 36.0. The summed E-state index contributed by atoms with van der Waals surface area (Å²) in [5.41, 5.74) is -4.14. The smallest absolute Gasteiger partial charge is 0.209 e. The average molecular weight is 551 g/mol. The van der Waals surface area contributed by atoms with Crippen molar-refractivity contribution in [3.05, 3.63) is 51.5 Å². The molecular weight excluding hydrogens is 508 g/mol. The number of aromatic hydroxyl groups is 1. The lowest BCUT2D eigenvalue weighted by atomic mass is 9.44. The van der Waals surface area contributed by atoms with E-state index in [2.05, 4.69) is 6.92 Å². The first-order valence-electron chi connectivity index (χ1n) is 14.6. The third kappa shape index (κ3) is 3.76. The van der Waals surface area contributed by atoms with Gasteiger partial charge in [0.15, 0.2) is 17.2 Å². The molecule has 7 heteroatoms. The van der Waals surface area contributed by atoms with Gasteiger partial charge < -0.3 is 20.4 Å². The van der Waals surface area contributed by atoms with E-state index in [4.69, 9.17) is 0 Å². The topological polar surface area (TPSA) is 132 Å². The van der Waals surface area contributed by atoms with E-state index in [0.717, 1.165) is 32.6 Å². The molecule has 1 aromatic carbocycles. The summed E-state index contributed by atoms with van der Waals surface area (Å²) in [6.07, 6.45) is 5.49. The molecular formula is C33H42O7. The lowest BCUT2D eigenvalue weighted by molar-refractivity contribution is -0.171. The Bertz CT molecular complexity index is 1380. The standard InChI is InChI=1S/C33H42O7/c1-16(2)24-27(36)22(18(4)34)29(38)33(40)30(39)25-28(37)23-21(14-31(25,5)15-32(24,33)6)12-11-20(26(23)35)13-19-9-7-17(3)8-10-19/h11-12,16-17,19,24,35-36,39-40H,7-10,13-15H2,1-6H3/t17?,19?,24?,31-,32-,33+/m1/s1. The van der Waals surface area contributed by atoms with Crippen LogP contribution in [0.25, 0.3) is 0 Å². The van der Waals surface area contributed by atoms with Gasteiger partial charge >= 0.3 is 0 Å². The first-order chi connectivity index (χ1) is 18.6. The van der Waals surface area contributed by atoms with Crippen LogP contribution in [0.3, 0.4) is 0 Å². The summed E-state index contributed by atoms with van der Waals surface area (Å²) in [6.45, 7) is 10.5. The van der Waals surface area contributed by atoms with Crippen molar-refractivity contribution in [1.82, 2.24) is 0 Å². The van der Waals surface area contributed by atoms with Gasteiger partial charge in [0, 0.05) is 22.3 Å². The van der Waals surface area contributed by atoms with Crippen LogP contribution in [0, 0.1) is 34.5 Å². The summed E-state index contributed by atoms with van der Waals surface area (Å²) < 4.78 is 0. The molecule has 0 amide bonds. The van der Waals surface area contributed by atoms with Crippen LogP contribution >= 0.6 is 0 Å².